The number of amides is 1. The van der Waals surface area contributed by atoms with Crippen molar-refractivity contribution in [2.45, 2.75) is 12.6 Å². The first-order valence-electron chi connectivity index (χ1n) is 7.43. The molecular weight excluding hydrogens is 346 g/mol. The molecule has 2 unspecified atom stereocenters. The molecule has 3 heterocycles. The van der Waals surface area contributed by atoms with Crippen LogP contribution in [0.3, 0.4) is 0 Å². The number of likely N-dealkylation sites (tertiary alicyclic amines) is 1. The van der Waals surface area contributed by atoms with Gasteiger partial charge in [-0.2, -0.15) is 0 Å². The molecule has 1 aromatic heterocycles. The minimum atomic E-state index is -0.386. The number of hydrogen-bond acceptors (Lipinski definition) is 5. The molecular formula is C17H12ClN3O2S. The zero-order valence-corrected chi connectivity index (χ0v) is 14.0. The Kier molecular flexibility index (Phi) is 3.97. The Bertz CT molecular complexity index is 869. The molecule has 4 rings (SSSR count). The number of carbonyl (C=O) groups excluding carboxylic acids is 1. The Labute approximate surface area is 147 Å². The first-order valence-corrected chi connectivity index (χ1v) is 8.75. The summed E-state index contributed by atoms with van der Waals surface area (Å²) in [6, 6.07) is 7.35. The molecule has 1 saturated heterocycles. The van der Waals surface area contributed by atoms with E-state index in [0.29, 0.717) is 23.0 Å². The van der Waals surface area contributed by atoms with Crippen LogP contribution in [0.15, 0.2) is 40.3 Å². The van der Waals surface area contributed by atoms with Gasteiger partial charge in [-0.05, 0) is 30.5 Å². The van der Waals surface area contributed by atoms with Crippen molar-refractivity contribution >= 4 is 34.6 Å². The largest absolute Gasteiger partial charge is 0.369 e. The number of hydrogen-bond donors (Lipinski definition) is 0. The van der Waals surface area contributed by atoms with Crippen LogP contribution >= 0.6 is 22.9 Å². The monoisotopic (exact) mass is 357 g/mol. The maximum atomic E-state index is 12.5. The lowest BCUT2D eigenvalue weighted by molar-refractivity contribution is -0.0175. The van der Waals surface area contributed by atoms with Gasteiger partial charge in [0, 0.05) is 22.5 Å². The summed E-state index contributed by atoms with van der Waals surface area (Å²) in [6.07, 6.45) is 0.395. The van der Waals surface area contributed by atoms with Crippen molar-refractivity contribution in [3.8, 4) is 11.8 Å². The molecule has 2 aromatic rings. The molecule has 0 radical (unpaired) electrons. The van der Waals surface area contributed by atoms with Gasteiger partial charge in [-0.15, -0.1) is 11.3 Å². The quantitative estimate of drug-likeness (QED) is 0.737. The van der Waals surface area contributed by atoms with E-state index in [9.17, 15) is 4.79 Å². The van der Waals surface area contributed by atoms with Crippen LogP contribution < -0.4 is 0 Å². The van der Waals surface area contributed by atoms with Crippen molar-refractivity contribution in [2.24, 2.45) is 11.1 Å². The molecule has 1 amide bonds. The predicted octanol–water partition coefficient (Wildman–Crippen LogP) is 3.02. The number of carbonyl (C=O) groups is 1. The van der Waals surface area contributed by atoms with E-state index >= 15 is 0 Å². The van der Waals surface area contributed by atoms with E-state index in [4.69, 9.17) is 16.4 Å². The van der Waals surface area contributed by atoms with Gasteiger partial charge >= 0.3 is 0 Å². The van der Waals surface area contributed by atoms with Gasteiger partial charge in [0.15, 0.2) is 0 Å². The van der Waals surface area contributed by atoms with Crippen LogP contribution in [0.1, 0.15) is 22.5 Å². The highest BCUT2D eigenvalue weighted by Crippen LogP contribution is 2.32. The zero-order valence-electron chi connectivity index (χ0n) is 12.5. The van der Waals surface area contributed by atoms with Crippen LogP contribution in [0.25, 0.3) is 0 Å². The molecule has 2 atom stereocenters. The molecule has 2 aliphatic rings. The molecule has 0 aliphatic carbocycles. The standard InChI is InChI=1S/C17H12ClN3O2S/c18-12-3-1-2-11(8-12)4-5-14-13-6-7-21(17(13)23-20-14)16(22)15-9-24-10-19-15/h1-3,8-10,13,17H,6-7H2. The van der Waals surface area contributed by atoms with Crippen molar-refractivity contribution in [2.75, 3.05) is 6.54 Å². The van der Waals surface area contributed by atoms with E-state index < -0.39 is 0 Å². The summed E-state index contributed by atoms with van der Waals surface area (Å²) in [5.74, 6) is 6.00. The minimum absolute atomic E-state index is 0.0132. The van der Waals surface area contributed by atoms with Gasteiger partial charge in [0.05, 0.1) is 11.4 Å². The van der Waals surface area contributed by atoms with E-state index in [1.54, 1.807) is 27.9 Å². The summed E-state index contributed by atoms with van der Waals surface area (Å²) in [4.78, 5) is 23.7. The maximum Gasteiger partial charge on any atom is 0.276 e. The third kappa shape index (κ3) is 2.77. The van der Waals surface area contributed by atoms with Crippen LogP contribution in [-0.2, 0) is 4.84 Å². The second-order valence-corrected chi connectivity index (χ2v) is 6.66. The summed E-state index contributed by atoms with van der Waals surface area (Å²) in [6.45, 7) is 0.615. The summed E-state index contributed by atoms with van der Waals surface area (Å²) in [7, 11) is 0. The topological polar surface area (TPSA) is 54.8 Å². The average molecular weight is 358 g/mol. The lowest BCUT2D eigenvalue weighted by Crippen LogP contribution is -2.38. The fourth-order valence-corrected chi connectivity index (χ4v) is 3.56. The maximum absolute atomic E-state index is 12.5. The Morgan fingerprint density at radius 1 is 1.42 bits per heavy atom. The van der Waals surface area contributed by atoms with Gasteiger partial charge in [0.25, 0.3) is 5.91 Å². The Morgan fingerprint density at radius 2 is 2.33 bits per heavy atom. The molecule has 0 saturated carbocycles. The lowest BCUT2D eigenvalue weighted by Gasteiger charge is -2.20. The summed E-state index contributed by atoms with van der Waals surface area (Å²) >= 11 is 7.36. The van der Waals surface area contributed by atoms with Crippen molar-refractivity contribution in [3.63, 3.8) is 0 Å². The lowest BCUT2D eigenvalue weighted by atomic mass is 10.0. The smallest absolute Gasteiger partial charge is 0.276 e. The van der Waals surface area contributed by atoms with Gasteiger partial charge in [-0.1, -0.05) is 28.7 Å². The molecule has 1 aromatic carbocycles. The average Bonchev–Trinajstić information content (AvgIpc) is 3.30. The number of oxime groups is 1. The highest BCUT2D eigenvalue weighted by Gasteiger charge is 2.45. The molecule has 0 spiro atoms. The van der Waals surface area contributed by atoms with E-state index in [1.165, 1.54) is 11.3 Å². The third-order valence-corrected chi connectivity index (χ3v) is 4.84. The van der Waals surface area contributed by atoms with Crippen LogP contribution in [0.2, 0.25) is 5.02 Å². The number of aromatic nitrogens is 1. The molecule has 0 N–H and O–H groups in total. The Morgan fingerprint density at radius 3 is 3.12 bits per heavy atom. The van der Waals surface area contributed by atoms with Crippen LogP contribution in [-0.4, -0.2) is 34.3 Å². The number of halogens is 1. The van der Waals surface area contributed by atoms with Crippen molar-refractivity contribution in [1.82, 2.24) is 9.88 Å². The van der Waals surface area contributed by atoms with Gasteiger partial charge in [0.1, 0.15) is 11.4 Å². The summed E-state index contributed by atoms with van der Waals surface area (Å²) < 4.78 is 0. The fraction of sp³-hybridized carbons (Fsp3) is 0.235. The highest BCUT2D eigenvalue weighted by molar-refractivity contribution is 7.07. The Balaban J connectivity index is 1.50. The normalized spacial score (nSPS) is 21.5. The second kappa shape index (κ2) is 6.27. The number of thiazole rings is 1. The second-order valence-electron chi connectivity index (χ2n) is 5.50. The van der Waals surface area contributed by atoms with Crippen LogP contribution in [0.4, 0.5) is 0 Å². The summed E-state index contributed by atoms with van der Waals surface area (Å²) in [5.41, 5.74) is 3.59. The molecule has 1 fully saturated rings. The number of fused-ring (bicyclic) bond motifs is 1. The van der Waals surface area contributed by atoms with E-state index in [-0.39, 0.29) is 18.1 Å². The number of nitrogens with zero attached hydrogens (tertiary/aromatic N) is 3. The predicted molar refractivity (Wildman–Crippen MR) is 91.9 cm³/mol. The van der Waals surface area contributed by atoms with E-state index in [1.807, 2.05) is 12.1 Å². The third-order valence-electron chi connectivity index (χ3n) is 4.01. The van der Waals surface area contributed by atoms with Gasteiger partial charge in [0.2, 0.25) is 6.23 Å². The number of rotatable bonds is 1. The first-order chi connectivity index (χ1) is 11.7. The fourth-order valence-electron chi connectivity index (χ4n) is 2.85. The first kappa shape index (κ1) is 15.2. The molecule has 7 heteroatoms. The van der Waals surface area contributed by atoms with Crippen molar-refractivity contribution < 1.29 is 9.63 Å². The molecule has 24 heavy (non-hydrogen) atoms. The highest BCUT2D eigenvalue weighted by atomic mass is 35.5. The Hall–Kier alpha value is -2.36. The van der Waals surface area contributed by atoms with Gasteiger partial charge in [-0.3, -0.25) is 9.69 Å². The molecule has 0 bridgehead atoms. The van der Waals surface area contributed by atoms with E-state index in [0.717, 1.165) is 12.0 Å². The molecule has 120 valence electrons. The summed E-state index contributed by atoms with van der Waals surface area (Å²) in [5, 5.41) is 6.46. The SMILES string of the molecule is O=C(c1cscn1)N1CCC2C(C#Cc3cccc(Cl)c3)=NOC21. The van der Waals surface area contributed by atoms with Crippen molar-refractivity contribution in [1.29, 1.82) is 0 Å². The molecule has 2 aliphatic heterocycles. The minimum Gasteiger partial charge on any atom is -0.369 e. The van der Waals surface area contributed by atoms with Crippen LogP contribution in [0, 0.1) is 17.8 Å². The van der Waals surface area contributed by atoms with Crippen LogP contribution in [0.5, 0.6) is 0 Å². The van der Waals surface area contributed by atoms with Crippen molar-refractivity contribution in [3.05, 3.63) is 51.4 Å². The van der Waals surface area contributed by atoms with E-state index in [2.05, 4.69) is 22.0 Å². The van der Waals surface area contributed by atoms with Gasteiger partial charge < -0.3 is 4.84 Å². The molecule has 5 nitrogen and oxygen atoms in total. The zero-order chi connectivity index (χ0) is 16.5. The number of benzene rings is 1. The van der Waals surface area contributed by atoms with Gasteiger partial charge in [-0.25, -0.2) is 4.98 Å².